The van der Waals surface area contributed by atoms with E-state index in [1.165, 1.54) is 11.1 Å². The molecule has 0 aromatic heterocycles. The summed E-state index contributed by atoms with van der Waals surface area (Å²) >= 11 is 6.53. The molecule has 2 aromatic carbocycles. The van der Waals surface area contributed by atoms with Crippen molar-refractivity contribution >= 4 is 11.6 Å². The van der Waals surface area contributed by atoms with Gasteiger partial charge in [0.05, 0.1) is 18.8 Å². The van der Waals surface area contributed by atoms with Crippen LogP contribution in [0, 0.1) is 0 Å². The van der Waals surface area contributed by atoms with E-state index in [1.807, 2.05) is 12.1 Å². The molecule has 5 heteroatoms. The lowest BCUT2D eigenvalue weighted by Gasteiger charge is -2.43. The fourth-order valence-electron chi connectivity index (χ4n) is 4.08. The van der Waals surface area contributed by atoms with E-state index >= 15 is 0 Å². The molecule has 1 saturated heterocycles. The number of fused-ring (bicyclic) bond motifs is 2. The minimum Gasteiger partial charge on any atom is -0.390 e. The lowest BCUT2D eigenvalue weighted by molar-refractivity contribution is -0.339. The van der Waals surface area contributed by atoms with Crippen molar-refractivity contribution < 1.29 is 19.7 Å². The third-order valence-electron chi connectivity index (χ3n) is 5.80. The summed E-state index contributed by atoms with van der Waals surface area (Å²) in [6.07, 6.45) is -0.126. The molecule has 2 N–H and O–H groups in total. The van der Waals surface area contributed by atoms with Crippen LogP contribution in [0.25, 0.3) is 0 Å². The van der Waals surface area contributed by atoms with Crippen LogP contribution in [0.15, 0.2) is 36.4 Å². The molecular weight excluding hydrogens is 364 g/mol. The summed E-state index contributed by atoms with van der Waals surface area (Å²) in [5.74, 6) is -1.22. The maximum atomic E-state index is 10.7. The average Bonchev–Trinajstić information content (AvgIpc) is 3.03. The standard InChI is InChI=1S/C22H25ClO4/c1-3-14-4-6-15(7-5-14)10-16-17-12-26-22(18(17)8-9-19(16)23)21(25)11-20(24)13(2)27-22/h4-9,13,20-21,24-25H,3,10-12H2,1-2H3/t13-,20+,21-,22?/m1/s1. The van der Waals surface area contributed by atoms with Crippen LogP contribution in [-0.2, 0) is 34.7 Å². The number of benzene rings is 2. The number of hydrogen-bond acceptors (Lipinski definition) is 4. The second kappa shape index (κ2) is 7.19. The first-order valence-electron chi connectivity index (χ1n) is 9.51. The largest absolute Gasteiger partial charge is 0.390 e. The molecule has 2 aliphatic heterocycles. The highest BCUT2D eigenvalue weighted by atomic mass is 35.5. The fraction of sp³-hybridized carbons (Fsp3) is 0.455. The molecule has 0 bridgehead atoms. The summed E-state index contributed by atoms with van der Waals surface area (Å²) in [6.45, 7) is 4.27. The van der Waals surface area contributed by atoms with Crippen LogP contribution in [0.1, 0.15) is 48.1 Å². The first-order valence-corrected chi connectivity index (χ1v) is 9.89. The van der Waals surface area contributed by atoms with Crippen molar-refractivity contribution in [2.24, 2.45) is 0 Å². The summed E-state index contributed by atoms with van der Waals surface area (Å²) in [6, 6.07) is 12.3. The summed E-state index contributed by atoms with van der Waals surface area (Å²) in [7, 11) is 0. The monoisotopic (exact) mass is 388 g/mol. The maximum Gasteiger partial charge on any atom is 0.222 e. The fourth-order valence-corrected chi connectivity index (χ4v) is 4.33. The van der Waals surface area contributed by atoms with E-state index in [0.29, 0.717) is 18.1 Å². The van der Waals surface area contributed by atoms with Crippen LogP contribution in [0.4, 0.5) is 0 Å². The molecule has 0 saturated carbocycles. The summed E-state index contributed by atoms with van der Waals surface area (Å²) in [5.41, 5.74) is 5.28. The second-order valence-electron chi connectivity index (χ2n) is 7.50. The van der Waals surface area contributed by atoms with E-state index in [-0.39, 0.29) is 6.42 Å². The van der Waals surface area contributed by atoms with Crippen molar-refractivity contribution in [2.75, 3.05) is 0 Å². The molecule has 1 fully saturated rings. The molecular formula is C22H25ClO4. The van der Waals surface area contributed by atoms with Gasteiger partial charge < -0.3 is 19.7 Å². The molecule has 4 nitrogen and oxygen atoms in total. The number of halogens is 1. The van der Waals surface area contributed by atoms with Crippen molar-refractivity contribution in [1.29, 1.82) is 0 Å². The van der Waals surface area contributed by atoms with Gasteiger partial charge >= 0.3 is 0 Å². The van der Waals surface area contributed by atoms with Crippen molar-refractivity contribution in [3.63, 3.8) is 0 Å². The van der Waals surface area contributed by atoms with E-state index in [0.717, 1.165) is 23.1 Å². The van der Waals surface area contributed by atoms with E-state index in [1.54, 1.807) is 6.92 Å². The Morgan fingerprint density at radius 2 is 1.81 bits per heavy atom. The van der Waals surface area contributed by atoms with E-state index in [2.05, 4.69) is 31.2 Å². The molecule has 1 unspecified atom stereocenters. The number of aliphatic hydroxyl groups excluding tert-OH is 2. The summed E-state index contributed by atoms with van der Waals surface area (Å²) in [5, 5.41) is 21.4. The van der Waals surface area contributed by atoms with Gasteiger partial charge in [0.1, 0.15) is 6.10 Å². The second-order valence-corrected chi connectivity index (χ2v) is 7.90. The zero-order valence-corrected chi connectivity index (χ0v) is 16.4. The Hall–Kier alpha value is -1.43. The van der Waals surface area contributed by atoms with Gasteiger partial charge in [0, 0.05) is 17.0 Å². The minimum atomic E-state index is -1.22. The maximum absolute atomic E-state index is 10.7. The van der Waals surface area contributed by atoms with Gasteiger partial charge in [-0.15, -0.1) is 0 Å². The topological polar surface area (TPSA) is 58.9 Å². The lowest BCUT2D eigenvalue weighted by atomic mass is 9.87. The Morgan fingerprint density at radius 3 is 2.52 bits per heavy atom. The third kappa shape index (κ3) is 3.20. The molecule has 2 heterocycles. The molecule has 1 spiro atoms. The van der Waals surface area contributed by atoms with Gasteiger partial charge in [0.2, 0.25) is 5.79 Å². The zero-order chi connectivity index (χ0) is 19.2. The highest BCUT2D eigenvalue weighted by Crippen LogP contribution is 2.47. The van der Waals surface area contributed by atoms with Gasteiger partial charge in [-0.05, 0) is 48.1 Å². The van der Waals surface area contributed by atoms with Crippen LogP contribution >= 0.6 is 11.6 Å². The molecule has 0 aliphatic carbocycles. The summed E-state index contributed by atoms with van der Waals surface area (Å²) < 4.78 is 12.0. The molecule has 144 valence electrons. The Labute approximate surface area is 164 Å². The Kier molecular flexibility index (Phi) is 5.04. The molecule has 0 radical (unpaired) electrons. The molecule has 4 atom stereocenters. The van der Waals surface area contributed by atoms with Gasteiger partial charge in [-0.2, -0.15) is 0 Å². The predicted molar refractivity (Wildman–Crippen MR) is 104 cm³/mol. The molecule has 0 amide bonds. The van der Waals surface area contributed by atoms with Crippen LogP contribution in [0.5, 0.6) is 0 Å². The van der Waals surface area contributed by atoms with Crippen molar-refractivity contribution in [1.82, 2.24) is 0 Å². The number of aliphatic hydroxyl groups is 2. The van der Waals surface area contributed by atoms with E-state index in [4.69, 9.17) is 21.1 Å². The Morgan fingerprint density at radius 1 is 1.11 bits per heavy atom. The van der Waals surface area contributed by atoms with Crippen molar-refractivity contribution in [3.8, 4) is 0 Å². The lowest BCUT2D eigenvalue weighted by Crippen LogP contribution is -2.53. The minimum absolute atomic E-state index is 0.219. The van der Waals surface area contributed by atoms with Gasteiger partial charge in [0.15, 0.2) is 0 Å². The average molecular weight is 389 g/mol. The number of rotatable bonds is 3. The van der Waals surface area contributed by atoms with Gasteiger partial charge in [-0.1, -0.05) is 48.9 Å². The molecule has 2 aliphatic rings. The quantitative estimate of drug-likeness (QED) is 0.841. The van der Waals surface area contributed by atoms with Crippen LogP contribution in [0.3, 0.4) is 0 Å². The van der Waals surface area contributed by atoms with Crippen LogP contribution < -0.4 is 0 Å². The van der Waals surface area contributed by atoms with Crippen molar-refractivity contribution in [2.45, 2.75) is 63.8 Å². The van der Waals surface area contributed by atoms with Gasteiger partial charge in [0.25, 0.3) is 0 Å². The number of hydrogen-bond donors (Lipinski definition) is 2. The normalized spacial score (nSPS) is 29.9. The number of aryl methyl sites for hydroxylation is 1. The Balaban J connectivity index is 1.71. The smallest absolute Gasteiger partial charge is 0.222 e. The predicted octanol–water partition coefficient (Wildman–Crippen LogP) is 3.71. The first-order chi connectivity index (χ1) is 12.9. The van der Waals surface area contributed by atoms with Crippen LogP contribution in [0.2, 0.25) is 5.02 Å². The zero-order valence-electron chi connectivity index (χ0n) is 15.6. The third-order valence-corrected chi connectivity index (χ3v) is 6.15. The van der Waals surface area contributed by atoms with E-state index in [9.17, 15) is 10.2 Å². The highest BCUT2D eigenvalue weighted by Gasteiger charge is 2.53. The summed E-state index contributed by atoms with van der Waals surface area (Å²) in [4.78, 5) is 0. The van der Waals surface area contributed by atoms with Crippen LogP contribution in [-0.4, -0.2) is 28.5 Å². The molecule has 27 heavy (non-hydrogen) atoms. The van der Waals surface area contributed by atoms with Crippen molar-refractivity contribution in [3.05, 3.63) is 69.2 Å². The SMILES string of the molecule is CCc1ccc(Cc2c(Cl)ccc3c2COC32O[C@H](C)[C@@H](O)C[C@H]2O)cc1. The molecule has 2 aromatic rings. The van der Waals surface area contributed by atoms with Gasteiger partial charge in [-0.25, -0.2) is 0 Å². The van der Waals surface area contributed by atoms with E-state index < -0.39 is 24.1 Å². The highest BCUT2D eigenvalue weighted by molar-refractivity contribution is 6.31. The van der Waals surface area contributed by atoms with Gasteiger partial charge in [-0.3, -0.25) is 0 Å². The molecule has 4 rings (SSSR count). The number of ether oxygens (including phenoxy) is 2. The first kappa shape index (κ1) is 18.9. The Bertz CT molecular complexity index is 835.